The van der Waals surface area contributed by atoms with Gasteiger partial charge in [0.25, 0.3) is 5.91 Å². The molecule has 0 aromatic rings. The zero-order valence-corrected chi connectivity index (χ0v) is 22.1. The van der Waals surface area contributed by atoms with Gasteiger partial charge in [-0.1, -0.05) is 81.4 Å². The van der Waals surface area contributed by atoms with E-state index in [1.165, 1.54) is 0 Å². The number of rotatable bonds is 8. The zero-order chi connectivity index (χ0) is 24.3. The van der Waals surface area contributed by atoms with Gasteiger partial charge in [-0.3, -0.25) is 9.69 Å². The van der Waals surface area contributed by atoms with Crippen LogP contribution in [0.2, 0.25) is 0 Å². The Labute approximate surface area is 184 Å². The normalized spacial score (nSPS) is 11.8. The molecule has 4 N–H and O–H groups in total. The van der Waals surface area contributed by atoms with Crippen LogP contribution in [0.4, 0.5) is 0 Å². The second-order valence-corrected chi connectivity index (χ2v) is 4.86. The van der Waals surface area contributed by atoms with E-state index in [-0.39, 0.29) is 5.91 Å². The Morgan fingerprint density at radius 3 is 1.79 bits per heavy atom. The van der Waals surface area contributed by atoms with Crippen molar-refractivity contribution in [1.29, 1.82) is 0 Å². The number of hydrogen-bond acceptors (Lipinski definition) is 4. The summed E-state index contributed by atoms with van der Waals surface area (Å²) in [5, 5.41) is 0. The van der Waals surface area contributed by atoms with Crippen molar-refractivity contribution in [3.05, 3.63) is 23.3 Å². The Balaban J connectivity index is -0.000000167. The molecule has 0 aromatic heterocycles. The minimum absolute atomic E-state index is 0.147. The van der Waals surface area contributed by atoms with Gasteiger partial charge in [-0.05, 0) is 25.8 Å². The van der Waals surface area contributed by atoms with Crippen LogP contribution in [0.25, 0.3) is 0 Å². The van der Waals surface area contributed by atoms with Crippen LogP contribution in [0.5, 0.6) is 0 Å². The van der Waals surface area contributed by atoms with E-state index in [1.54, 1.807) is 0 Å². The fraction of sp³-hybridized carbons (Fsp3) is 0.792. The van der Waals surface area contributed by atoms with E-state index < -0.39 is 0 Å². The van der Waals surface area contributed by atoms with Crippen molar-refractivity contribution < 1.29 is 4.79 Å². The lowest BCUT2D eigenvalue weighted by atomic mass is 10.1. The quantitative estimate of drug-likeness (QED) is 0.518. The molecule has 178 valence electrons. The Morgan fingerprint density at radius 2 is 1.41 bits per heavy atom. The highest BCUT2D eigenvalue weighted by atomic mass is 16.2. The molecule has 0 saturated carbocycles. The molecule has 1 heterocycles. The molecule has 5 nitrogen and oxygen atoms in total. The lowest BCUT2D eigenvalue weighted by molar-refractivity contribution is -0.125. The molecular weight excluding hydrogens is 360 g/mol. The third-order valence-corrected chi connectivity index (χ3v) is 3.34. The molecule has 0 fully saturated rings. The highest BCUT2D eigenvalue weighted by Crippen LogP contribution is 2.19. The van der Waals surface area contributed by atoms with Crippen molar-refractivity contribution in [3.8, 4) is 0 Å². The van der Waals surface area contributed by atoms with Gasteiger partial charge in [0.1, 0.15) is 0 Å². The van der Waals surface area contributed by atoms with Crippen molar-refractivity contribution in [3.63, 3.8) is 0 Å². The highest BCUT2D eigenvalue weighted by molar-refractivity contribution is 5.99. The van der Waals surface area contributed by atoms with Gasteiger partial charge >= 0.3 is 0 Å². The average Bonchev–Trinajstić information content (AvgIpc) is 3.08. The van der Waals surface area contributed by atoms with Crippen LogP contribution in [0.15, 0.2) is 23.3 Å². The van der Waals surface area contributed by atoms with Crippen LogP contribution in [-0.4, -0.2) is 55.1 Å². The first kappa shape index (κ1) is 38.4. The number of amides is 1. The predicted octanol–water partition coefficient (Wildman–Crippen LogP) is 5.42. The Hall–Kier alpha value is -1.17. The maximum absolute atomic E-state index is 12.1. The van der Waals surface area contributed by atoms with Gasteiger partial charge in [0.15, 0.2) is 0 Å². The van der Waals surface area contributed by atoms with Crippen molar-refractivity contribution >= 4 is 5.91 Å². The molecule has 0 unspecified atom stereocenters. The second-order valence-electron chi connectivity index (χ2n) is 4.86. The highest BCUT2D eigenvalue weighted by Gasteiger charge is 2.25. The van der Waals surface area contributed by atoms with E-state index in [9.17, 15) is 4.79 Å². The topological polar surface area (TPSA) is 75.6 Å². The van der Waals surface area contributed by atoms with Crippen molar-refractivity contribution in [2.24, 2.45) is 11.5 Å². The van der Waals surface area contributed by atoms with Crippen LogP contribution in [0.1, 0.15) is 89.5 Å². The van der Waals surface area contributed by atoms with Gasteiger partial charge in [0, 0.05) is 45.0 Å². The molecule has 0 radical (unpaired) electrons. The minimum atomic E-state index is 0.147. The Kier molecular flexibility index (Phi) is 45.5. The van der Waals surface area contributed by atoms with Crippen molar-refractivity contribution in [1.82, 2.24) is 9.80 Å². The summed E-state index contributed by atoms with van der Waals surface area (Å²) < 4.78 is 0. The van der Waals surface area contributed by atoms with Crippen LogP contribution in [0, 0.1) is 0 Å². The van der Waals surface area contributed by atoms with Gasteiger partial charge in [-0.25, -0.2) is 0 Å². The van der Waals surface area contributed by atoms with Gasteiger partial charge in [0.2, 0.25) is 0 Å². The number of nitrogens with zero attached hydrogens (tertiary/aromatic N) is 2. The number of nitrogens with two attached hydrogens (primary N) is 2. The third-order valence-electron chi connectivity index (χ3n) is 3.34. The lowest BCUT2D eigenvalue weighted by Gasteiger charge is -2.22. The minimum Gasteiger partial charge on any atom is -0.335 e. The smallest absolute Gasteiger partial charge is 0.254 e. The van der Waals surface area contributed by atoms with E-state index in [0.717, 1.165) is 43.7 Å². The molecule has 1 rings (SSSR count). The maximum Gasteiger partial charge on any atom is 0.254 e. The summed E-state index contributed by atoms with van der Waals surface area (Å²) in [6.07, 6.45) is 4.75. The fourth-order valence-corrected chi connectivity index (χ4v) is 2.32. The van der Waals surface area contributed by atoms with Crippen LogP contribution >= 0.6 is 0 Å². The standard InChI is InChI=1S/C14H26N4O.5C2H6/c1-3-5-13-12(2)10-18(14(13)19)8-4-7-17(11-16)9-6-15;5*1-2/h3,5H,4,6-11,15-16H2,1-2H3;5*1-2H3/b5-3-;;;;;. The number of allylic oxidation sites excluding steroid dienone is 1. The summed E-state index contributed by atoms with van der Waals surface area (Å²) in [6, 6.07) is 0. The number of carbonyl (C=O) groups excluding carboxylic acids is 1. The zero-order valence-electron chi connectivity index (χ0n) is 22.1. The summed E-state index contributed by atoms with van der Waals surface area (Å²) in [5.41, 5.74) is 13.2. The number of carbonyl (C=O) groups is 1. The Bertz CT molecular complexity index is 366. The van der Waals surface area contributed by atoms with E-state index in [1.807, 2.05) is 100 Å². The molecule has 29 heavy (non-hydrogen) atoms. The molecule has 1 amide bonds. The molecule has 5 heteroatoms. The first-order valence-corrected chi connectivity index (χ1v) is 11.9. The maximum atomic E-state index is 12.1. The Morgan fingerprint density at radius 1 is 0.931 bits per heavy atom. The molecule has 0 spiro atoms. The number of hydrogen-bond donors (Lipinski definition) is 2. The lowest BCUT2D eigenvalue weighted by Crippen LogP contribution is -2.37. The average molecular weight is 417 g/mol. The van der Waals surface area contributed by atoms with E-state index >= 15 is 0 Å². The monoisotopic (exact) mass is 416 g/mol. The summed E-state index contributed by atoms with van der Waals surface area (Å²) in [6.45, 7) is 28.3. The molecule has 1 aliphatic rings. The fourth-order valence-electron chi connectivity index (χ4n) is 2.32. The summed E-state index contributed by atoms with van der Waals surface area (Å²) >= 11 is 0. The largest absolute Gasteiger partial charge is 0.335 e. The predicted molar refractivity (Wildman–Crippen MR) is 135 cm³/mol. The van der Waals surface area contributed by atoms with Gasteiger partial charge in [-0.2, -0.15) is 0 Å². The van der Waals surface area contributed by atoms with Gasteiger partial charge < -0.3 is 16.4 Å². The third kappa shape index (κ3) is 19.9. The van der Waals surface area contributed by atoms with E-state index in [4.69, 9.17) is 11.5 Å². The van der Waals surface area contributed by atoms with Crippen molar-refractivity contribution in [2.75, 3.05) is 39.4 Å². The summed E-state index contributed by atoms with van der Waals surface area (Å²) in [4.78, 5) is 16.1. The first-order valence-electron chi connectivity index (χ1n) is 11.9. The molecule has 0 aromatic carbocycles. The van der Waals surface area contributed by atoms with E-state index in [2.05, 4.69) is 4.90 Å². The van der Waals surface area contributed by atoms with Crippen LogP contribution < -0.4 is 11.5 Å². The first-order chi connectivity index (χ1) is 14.1. The van der Waals surface area contributed by atoms with Gasteiger partial charge in [0.05, 0.1) is 0 Å². The van der Waals surface area contributed by atoms with E-state index in [0.29, 0.717) is 13.2 Å². The second kappa shape index (κ2) is 34.3. The molecule has 0 atom stereocenters. The van der Waals surface area contributed by atoms with Crippen molar-refractivity contribution in [2.45, 2.75) is 89.5 Å². The molecule has 0 aliphatic carbocycles. The van der Waals surface area contributed by atoms with Gasteiger partial charge in [-0.15, -0.1) is 0 Å². The molecule has 0 bridgehead atoms. The summed E-state index contributed by atoms with van der Waals surface area (Å²) in [7, 11) is 0. The van der Waals surface area contributed by atoms with Crippen LogP contribution in [-0.2, 0) is 4.79 Å². The molecule has 0 saturated heterocycles. The molecular formula is C24H56N4O. The molecule has 1 aliphatic heterocycles. The van der Waals surface area contributed by atoms with Crippen LogP contribution in [0.3, 0.4) is 0 Å². The SMILES string of the molecule is C/C=C\C1=C(C)CN(CCCN(CN)CCN)C1=O.CC.CC.CC.CC.CC. The summed E-state index contributed by atoms with van der Waals surface area (Å²) in [5.74, 6) is 0.147.